The molecule has 0 bridgehead atoms. The van der Waals surface area contributed by atoms with Gasteiger partial charge in [0.2, 0.25) is 18.5 Å². The molecule has 0 radical (unpaired) electrons. The molecule has 0 spiro atoms. The molecule has 1 heterocycles. The predicted octanol–water partition coefficient (Wildman–Crippen LogP) is 1.57. The summed E-state index contributed by atoms with van der Waals surface area (Å²) in [6, 6.07) is 10.3. The molecule has 0 unspecified atom stereocenters. The highest BCUT2D eigenvalue weighted by molar-refractivity contribution is 5.97. The zero-order chi connectivity index (χ0) is 13.0. The number of hydrogen-bond donors (Lipinski definition) is 1. The van der Waals surface area contributed by atoms with Crippen LogP contribution in [-0.2, 0) is 6.54 Å². The Balaban J connectivity index is 2.22. The highest BCUT2D eigenvalue weighted by Gasteiger charge is 2.16. The van der Waals surface area contributed by atoms with Crippen LogP contribution in [0.4, 0.5) is 0 Å². The summed E-state index contributed by atoms with van der Waals surface area (Å²) in [4.78, 5) is 12.1. The van der Waals surface area contributed by atoms with Gasteiger partial charge in [-0.1, -0.05) is 12.1 Å². The van der Waals surface area contributed by atoms with E-state index in [0.717, 1.165) is 0 Å². The standard InChI is InChI=1S/C14H13NO3/c1-18-14-7-3-2-6-12(14)13(17)10-15-8-4-5-11(16)9-15/h2-9H,10H2,1H3/p+1. The number of para-hydroxylation sites is 1. The summed E-state index contributed by atoms with van der Waals surface area (Å²) >= 11 is 0. The van der Waals surface area contributed by atoms with Gasteiger partial charge in [0, 0.05) is 6.07 Å². The molecule has 0 fully saturated rings. The van der Waals surface area contributed by atoms with Crippen molar-refractivity contribution >= 4 is 5.78 Å². The van der Waals surface area contributed by atoms with Crippen LogP contribution in [-0.4, -0.2) is 18.0 Å². The van der Waals surface area contributed by atoms with E-state index in [0.29, 0.717) is 11.3 Å². The lowest BCUT2D eigenvalue weighted by atomic mass is 10.1. The van der Waals surface area contributed by atoms with Gasteiger partial charge in [0.25, 0.3) is 0 Å². The molecule has 0 saturated carbocycles. The molecule has 0 amide bonds. The van der Waals surface area contributed by atoms with Crippen molar-refractivity contribution < 1.29 is 19.2 Å². The van der Waals surface area contributed by atoms with E-state index in [1.807, 2.05) is 6.07 Å². The molecule has 1 aromatic carbocycles. The van der Waals surface area contributed by atoms with E-state index < -0.39 is 0 Å². The Kier molecular flexibility index (Phi) is 3.57. The van der Waals surface area contributed by atoms with Crippen molar-refractivity contribution in [3.63, 3.8) is 0 Å². The monoisotopic (exact) mass is 244 g/mol. The van der Waals surface area contributed by atoms with Crippen LogP contribution in [0.25, 0.3) is 0 Å². The number of methoxy groups -OCH3 is 1. The minimum atomic E-state index is -0.0666. The number of Topliss-reactive ketones (excluding diaryl/α,β-unsaturated/α-hetero) is 1. The predicted molar refractivity (Wildman–Crippen MR) is 65.6 cm³/mol. The molecule has 0 aliphatic heterocycles. The topological polar surface area (TPSA) is 50.4 Å². The summed E-state index contributed by atoms with van der Waals surface area (Å²) in [7, 11) is 1.54. The lowest BCUT2D eigenvalue weighted by Gasteiger charge is -2.05. The third kappa shape index (κ3) is 2.66. The first-order valence-corrected chi connectivity index (χ1v) is 5.55. The van der Waals surface area contributed by atoms with Crippen LogP contribution in [0.3, 0.4) is 0 Å². The van der Waals surface area contributed by atoms with Gasteiger partial charge in [-0.15, -0.1) is 0 Å². The highest BCUT2D eigenvalue weighted by atomic mass is 16.5. The van der Waals surface area contributed by atoms with Crippen LogP contribution < -0.4 is 9.30 Å². The van der Waals surface area contributed by atoms with E-state index in [1.165, 1.54) is 13.3 Å². The first kappa shape index (κ1) is 12.1. The van der Waals surface area contributed by atoms with Crippen molar-refractivity contribution in [2.24, 2.45) is 0 Å². The second-order valence-corrected chi connectivity index (χ2v) is 3.86. The summed E-state index contributed by atoms with van der Waals surface area (Å²) in [6.07, 6.45) is 3.24. The van der Waals surface area contributed by atoms with Crippen molar-refractivity contribution in [2.45, 2.75) is 6.54 Å². The van der Waals surface area contributed by atoms with Crippen LogP contribution >= 0.6 is 0 Å². The molecule has 18 heavy (non-hydrogen) atoms. The molecule has 1 aromatic heterocycles. The Morgan fingerprint density at radius 3 is 2.78 bits per heavy atom. The Labute approximate surface area is 105 Å². The highest BCUT2D eigenvalue weighted by Crippen LogP contribution is 2.17. The molecule has 1 N–H and O–H groups in total. The number of rotatable bonds is 4. The van der Waals surface area contributed by atoms with Gasteiger partial charge in [0.15, 0.2) is 11.9 Å². The number of benzene rings is 1. The fraction of sp³-hybridized carbons (Fsp3) is 0.143. The normalized spacial score (nSPS) is 10.1. The molecule has 0 aliphatic rings. The van der Waals surface area contributed by atoms with Crippen LogP contribution in [0, 0.1) is 0 Å². The second-order valence-electron chi connectivity index (χ2n) is 3.86. The van der Waals surface area contributed by atoms with Crippen molar-refractivity contribution in [1.82, 2.24) is 0 Å². The molecule has 2 aromatic rings. The maximum absolute atomic E-state index is 12.1. The lowest BCUT2D eigenvalue weighted by Crippen LogP contribution is -2.37. The fourth-order valence-corrected chi connectivity index (χ4v) is 1.73. The third-order valence-corrected chi connectivity index (χ3v) is 2.58. The van der Waals surface area contributed by atoms with E-state index in [9.17, 15) is 9.90 Å². The summed E-state index contributed by atoms with van der Waals surface area (Å²) < 4.78 is 6.78. The summed E-state index contributed by atoms with van der Waals surface area (Å²) in [6.45, 7) is 0.161. The second kappa shape index (κ2) is 5.31. The largest absolute Gasteiger partial charge is 0.503 e. The SMILES string of the molecule is COc1ccccc1C(=O)C[n+]1cccc(O)c1. The minimum absolute atomic E-state index is 0.0666. The molecule has 0 atom stereocenters. The Bertz CT molecular complexity index is 566. The molecule has 4 heteroatoms. The molecular weight excluding hydrogens is 230 g/mol. The third-order valence-electron chi connectivity index (χ3n) is 2.58. The van der Waals surface area contributed by atoms with Crippen LogP contribution in [0.5, 0.6) is 11.5 Å². The van der Waals surface area contributed by atoms with Crippen LogP contribution in [0.15, 0.2) is 48.8 Å². The van der Waals surface area contributed by atoms with Gasteiger partial charge in [0.05, 0.1) is 12.7 Å². The van der Waals surface area contributed by atoms with Crippen LogP contribution in [0.1, 0.15) is 10.4 Å². The summed E-state index contributed by atoms with van der Waals surface area (Å²) in [5.41, 5.74) is 0.538. The van der Waals surface area contributed by atoms with Gasteiger partial charge in [-0.25, -0.2) is 0 Å². The number of ether oxygens (including phenoxy) is 1. The number of ketones is 1. The van der Waals surface area contributed by atoms with Gasteiger partial charge in [-0.05, 0) is 18.2 Å². The maximum atomic E-state index is 12.1. The summed E-state index contributed by atoms with van der Waals surface area (Å²) in [5.74, 6) is 0.622. The van der Waals surface area contributed by atoms with Gasteiger partial charge in [-0.2, -0.15) is 4.57 Å². The van der Waals surface area contributed by atoms with Gasteiger partial charge < -0.3 is 9.84 Å². The minimum Gasteiger partial charge on any atom is -0.503 e. The average Bonchev–Trinajstić information content (AvgIpc) is 2.38. The molecular formula is C14H14NO3+. The quantitative estimate of drug-likeness (QED) is 0.656. The fourth-order valence-electron chi connectivity index (χ4n) is 1.73. The van der Waals surface area contributed by atoms with E-state index in [-0.39, 0.29) is 18.1 Å². The van der Waals surface area contributed by atoms with Crippen molar-refractivity contribution in [3.05, 3.63) is 54.4 Å². The summed E-state index contributed by atoms with van der Waals surface area (Å²) in [5, 5.41) is 9.34. The molecule has 2 rings (SSSR count). The zero-order valence-electron chi connectivity index (χ0n) is 10.0. The Morgan fingerprint density at radius 2 is 2.06 bits per heavy atom. The number of aromatic hydroxyl groups is 1. The van der Waals surface area contributed by atoms with Gasteiger partial charge >= 0.3 is 0 Å². The zero-order valence-corrected chi connectivity index (χ0v) is 10.0. The number of hydrogen-bond acceptors (Lipinski definition) is 3. The van der Waals surface area contributed by atoms with Crippen molar-refractivity contribution in [2.75, 3.05) is 7.11 Å². The average molecular weight is 244 g/mol. The van der Waals surface area contributed by atoms with E-state index in [1.54, 1.807) is 41.1 Å². The molecule has 0 aliphatic carbocycles. The van der Waals surface area contributed by atoms with E-state index >= 15 is 0 Å². The molecule has 92 valence electrons. The van der Waals surface area contributed by atoms with Gasteiger partial charge in [0.1, 0.15) is 5.75 Å². The number of nitrogens with zero attached hydrogens (tertiary/aromatic N) is 1. The van der Waals surface area contributed by atoms with Crippen molar-refractivity contribution in [1.29, 1.82) is 0 Å². The number of aromatic nitrogens is 1. The van der Waals surface area contributed by atoms with Crippen LogP contribution in [0.2, 0.25) is 0 Å². The lowest BCUT2D eigenvalue weighted by molar-refractivity contribution is -0.683. The molecule has 0 saturated heterocycles. The molecule has 4 nitrogen and oxygen atoms in total. The first-order valence-electron chi connectivity index (χ1n) is 5.55. The Morgan fingerprint density at radius 1 is 1.28 bits per heavy atom. The maximum Gasteiger partial charge on any atom is 0.231 e. The van der Waals surface area contributed by atoms with E-state index in [2.05, 4.69) is 0 Å². The van der Waals surface area contributed by atoms with Gasteiger partial charge in [-0.3, -0.25) is 4.79 Å². The number of pyridine rings is 1. The Hall–Kier alpha value is -2.36. The smallest absolute Gasteiger partial charge is 0.231 e. The van der Waals surface area contributed by atoms with E-state index in [4.69, 9.17) is 4.74 Å². The number of carbonyl (C=O) groups excluding carboxylic acids is 1. The number of carbonyl (C=O) groups is 1. The first-order chi connectivity index (χ1) is 8.70. The van der Waals surface area contributed by atoms with Crippen molar-refractivity contribution in [3.8, 4) is 11.5 Å².